The molecule has 1 saturated heterocycles. The van der Waals surface area contributed by atoms with Gasteiger partial charge in [0.1, 0.15) is 6.04 Å². The number of piperidine rings is 1. The van der Waals surface area contributed by atoms with Crippen molar-refractivity contribution in [3.8, 4) is 0 Å². The topological polar surface area (TPSA) is 106 Å². The summed E-state index contributed by atoms with van der Waals surface area (Å²) >= 11 is 6.11. The first-order chi connectivity index (χ1) is 22.7. The molecule has 9 nitrogen and oxygen atoms in total. The zero-order valence-electron chi connectivity index (χ0n) is 28.8. The van der Waals surface area contributed by atoms with Crippen molar-refractivity contribution >= 4 is 31.4 Å². The highest BCUT2D eigenvalue weighted by molar-refractivity contribution is 7.48. The third-order valence-electron chi connectivity index (χ3n) is 8.53. The summed E-state index contributed by atoms with van der Waals surface area (Å²) in [5.74, 6) is 0.00754. The Morgan fingerprint density at radius 3 is 1.98 bits per heavy atom. The molecule has 4 rings (SSSR count). The molecule has 11 heteroatoms. The number of nitrogens with one attached hydrogen (secondary N) is 2. The largest absolute Gasteiger partial charge is 0.476 e. The van der Waals surface area contributed by atoms with Gasteiger partial charge in [0.15, 0.2) is 0 Å². The van der Waals surface area contributed by atoms with Crippen LogP contribution >= 0.6 is 19.4 Å². The fourth-order valence-electron chi connectivity index (χ4n) is 5.93. The van der Waals surface area contributed by atoms with Crippen LogP contribution in [0.3, 0.4) is 0 Å². The molecule has 260 valence electrons. The van der Waals surface area contributed by atoms with Crippen LogP contribution in [0.15, 0.2) is 84.9 Å². The quantitative estimate of drug-likeness (QED) is 0.164. The molecule has 48 heavy (non-hydrogen) atoms. The van der Waals surface area contributed by atoms with Gasteiger partial charge >= 0.3 is 13.9 Å². The minimum Gasteiger partial charge on any atom is -0.340 e. The first kappa shape index (κ1) is 37.6. The molecule has 0 aromatic heterocycles. The Balaban J connectivity index is 1.35. The fraction of sp³-hybridized carbons (Fsp3) is 0.459. The number of halogens is 1. The summed E-state index contributed by atoms with van der Waals surface area (Å²) in [6, 6.07) is 25.3. The van der Waals surface area contributed by atoms with Gasteiger partial charge in [0.05, 0.1) is 18.8 Å². The van der Waals surface area contributed by atoms with Crippen LogP contribution in [0.5, 0.6) is 0 Å². The van der Waals surface area contributed by atoms with E-state index in [2.05, 4.69) is 36.6 Å². The van der Waals surface area contributed by atoms with Crippen molar-refractivity contribution in [1.82, 2.24) is 15.5 Å². The Labute approximate surface area is 290 Å². The summed E-state index contributed by atoms with van der Waals surface area (Å²) in [5.41, 5.74) is 1.50. The van der Waals surface area contributed by atoms with Crippen LogP contribution < -0.4 is 10.6 Å². The van der Waals surface area contributed by atoms with Crippen LogP contribution in [-0.4, -0.2) is 48.1 Å². The lowest BCUT2D eigenvalue weighted by atomic mass is 9.70. The molecule has 0 radical (unpaired) electrons. The zero-order valence-corrected chi connectivity index (χ0v) is 30.4. The maximum absolute atomic E-state index is 13.9. The van der Waals surface area contributed by atoms with Gasteiger partial charge in [-0.15, -0.1) is 0 Å². The first-order valence-corrected chi connectivity index (χ1v) is 18.3. The average molecular weight is 698 g/mol. The van der Waals surface area contributed by atoms with Gasteiger partial charge in [-0.1, -0.05) is 112 Å². The summed E-state index contributed by atoms with van der Waals surface area (Å²) in [4.78, 5) is 28.8. The average Bonchev–Trinajstić information content (AvgIpc) is 3.05. The van der Waals surface area contributed by atoms with E-state index in [4.69, 9.17) is 25.2 Å². The van der Waals surface area contributed by atoms with Crippen LogP contribution in [0.1, 0.15) is 70.6 Å². The van der Waals surface area contributed by atoms with E-state index in [1.54, 1.807) is 13.8 Å². The molecule has 1 fully saturated rings. The lowest BCUT2D eigenvalue weighted by Crippen LogP contribution is -2.57. The van der Waals surface area contributed by atoms with E-state index in [1.807, 2.05) is 91.5 Å². The van der Waals surface area contributed by atoms with E-state index >= 15 is 0 Å². The molecule has 1 unspecified atom stereocenters. The van der Waals surface area contributed by atoms with Crippen LogP contribution in [0.2, 0.25) is 5.02 Å². The van der Waals surface area contributed by atoms with E-state index in [0.29, 0.717) is 18.1 Å². The van der Waals surface area contributed by atoms with E-state index < -0.39 is 25.5 Å². The monoisotopic (exact) mass is 697 g/mol. The van der Waals surface area contributed by atoms with Crippen molar-refractivity contribution < 1.29 is 27.7 Å². The molecular weight excluding hydrogens is 649 g/mol. The third kappa shape index (κ3) is 10.9. The molecular formula is C37H49ClN3O6P. The van der Waals surface area contributed by atoms with Crippen molar-refractivity contribution in [3.05, 3.63) is 107 Å². The van der Waals surface area contributed by atoms with Crippen LogP contribution in [0.4, 0.5) is 4.79 Å². The molecule has 1 aliphatic heterocycles. The summed E-state index contributed by atoms with van der Waals surface area (Å²) in [5, 5.41) is 6.37. The van der Waals surface area contributed by atoms with Gasteiger partial charge < -0.3 is 15.5 Å². The summed E-state index contributed by atoms with van der Waals surface area (Å²) in [6.45, 7) is 12.7. The smallest absolute Gasteiger partial charge is 0.340 e. The Morgan fingerprint density at radius 1 is 0.938 bits per heavy atom. The van der Waals surface area contributed by atoms with Crippen molar-refractivity contribution in [2.45, 2.75) is 78.7 Å². The number of urea groups is 1. The Bertz CT molecular complexity index is 1490. The molecule has 3 amide bonds. The molecule has 1 aliphatic rings. The maximum Gasteiger partial charge on any atom is 0.476 e. The third-order valence-corrected chi connectivity index (χ3v) is 10.4. The molecule has 2 N–H and O–H groups in total. The van der Waals surface area contributed by atoms with Gasteiger partial charge in [-0.25, -0.2) is 9.36 Å². The van der Waals surface area contributed by atoms with Crippen molar-refractivity contribution in [2.24, 2.45) is 11.3 Å². The van der Waals surface area contributed by atoms with Crippen molar-refractivity contribution in [2.75, 3.05) is 19.6 Å². The predicted molar refractivity (Wildman–Crippen MR) is 190 cm³/mol. The predicted octanol–water partition coefficient (Wildman–Crippen LogP) is 8.34. The van der Waals surface area contributed by atoms with E-state index in [9.17, 15) is 14.2 Å². The number of rotatable bonds is 14. The second kappa shape index (κ2) is 16.5. The maximum atomic E-state index is 13.9. The number of phosphoric acid groups is 1. The van der Waals surface area contributed by atoms with Gasteiger partial charge in [-0.3, -0.25) is 18.4 Å². The Morgan fingerprint density at radius 2 is 1.48 bits per heavy atom. The molecule has 1 heterocycles. The second-order valence-corrected chi connectivity index (χ2v) is 16.0. The van der Waals surface area contributed by atoms with E-state index in [0.717, 1.165) is 17.5 Å². The van der Waals surface area contributed by atoms with Crippen molar-refractivity contribution in [3.63, 3.8) is 0 Å². The number of nitrogens with zero attached hydrogens (tertiary/aromatic N) is 1. The molecule has 2 atom stereocenters. The lowest BCUT2D eigenvalue weighted by Gasteiger charge is -2.45. The lowest BCUT2D eigenvalue weighted by molar-refractivity contribution is -0.137. The normalized spacial score (nSPS) is 17.2. The Hall–Kier alpha value is -3.20. The van der Waals surface area contributed by atoms with Gasteiger partial charge in [0, 0.05) is 24.7 Å². The molecule has 0 bridgehead atoms. The first-order valence-electron chi connectivity index (χ1n) is 16.4. The highest BCUT2D eigenvalue weighted by Crippen LogP contribution is 2.54. The molecule has 0 saturated carbocycles. The molecule has 3 aromatic rings. The van der Waals surface area contributed by atoms with Crippen LogP contribution in [0, 0.1) is 11.3 Å². The summed E-state index contributed by atoms with van der Waals surface area (Å²) in [6.07, 6.45) is 0.807. The number of phosphoric ester groups is 1. The number of benzene rings is 3. The number of likely N-dealkylation sites (tertiary alicyclic amines) is 1. The number of hydrogen-bond donors (Lipinski definition) is 2. The minimum absolute atomic E-state index is 0.0167. The van der Waals surface area contributed by atoms with Gasteiger partial charge in [0.2, 0.25) is 5.91 Å². The standard InChI is InChI=1S/C37H49ClN3O6P/c1-27(2)33(34(42)41-22-21-32(36(3,4)26-41)30-17-19-31(38)20-18-30)40-35(43)39-25-37(5,6)47-48(44,45-23-28-13-9-7-10-14-28)46-24-29-15-11-8-12-16-29/h7-20,27,32-33H,21-26H2,1-6H3,(H2,39,40,43)/t32?,33-/m1/s1. The fourth-order valence-corrected chi connectivity index (χ4v) is 7.52. The van der Waals surface area contributed by atoms with E-state index in [-0.39, 0.29) is 42.9 Å². The molecule has 3 aromatic carbocycles. The van der Waals surface area contributed by atoms with Gasteiger partial charge in [0.25, 0.3) is 0 Å². The number of carbonyl (C=O) groups excluding carboxylic acids is 2. The number of amides is 3. The zero-order chi connectivity index (χ0) is 35.0. The van der Waals surface area contributed by atoms with Gasteiger partial charge in [-0.2, -0.15) is 0 Å². The minimum atomic E-state index is -4.09. The summed E-state index contributed by atoms with van der Waals surface area (Å²) in [7, 11) is -4.09. The molecule has 0 aliphatic carbocycles. The molecule has 0 spiro atoms. The van der Waals surface area contributed by atoms with Crippen LogP contribution in [-0.2, 0) is 36.1 Å². The van der Waals surface area contributed by atoms with Gasteiger partial charge in [-0.05, 0) is 66.3 Å². The SMILES string of the molecule is CC(C)[C@@H](NC(=O)NCC(C)(C)OP(=O)(OCc1ccccc1)OCc1ccccc1)C(=O)N1CCC(c2ccc(Cl)cc2)C(C)(C)C1. The number of carbonyl (C=O) groups is 2. The second-order valence-electron chi connectivity index (χ2n) is 14.0. The number of hydrogen-bond acceptors (Lipinski definition) is 6. The van der Waals surface area contributed by atoms with Crippen molar-refractivity contribution in [1.29, 1.82) is 0 Å². The highest BCUT2D eigenvalue weighted by Gasteiger charge is 2.41. The Kier molecular flexibility index (Phi) is 12.9. The highest BCUT2D eigenvalue weighted by atomic mass is 35.5. The van der Waals surface area contributed by atoms with Crippen LogP contribution in [0.25, 0.3) is 0 Å². The van der Waals surface area contributed by atoms with E-state index in [1.165, 1.54) is 5.56 Å². The summed E-state index contributed by atoms with van der Waals surface area (Å²) < 4.78 is 31.4.